The van der Waals surface area contributed by atoms with Crippen molar-refractivity contribution in [1.29, 1.82) is 0 Å². The summed E-state index contributed by atoms with van der Waals surface area (Å²) in [5.41, 5.74) is 4.42. The summed E-state index contributed by atoms with van der Waals surface area (Å²) in [5, 5.41) is 3.59. The van der Waals surface area contributed by atoms with Gasteiger partial charge in [-0.25, -0.2) is 4.79 Å². The van der Waals surface area contributed by atoms with E-state index in [9.17, 15) is 9.59 Å². The molecule has 0 spiro atoms. The van der Waals surface area contributed by atoms with Crippen LogP contribution in [0.1, 0.15) is 60.8 Å². The smallest absolute Gasteiger partial charge is 0.339 e. The van der Waals surface area contributed by atoms with E-state index in [1.54, 1.807) is 6.92 Å². The van der Waals surface area contributed by atoms with Crippen LogP contribution in [-0.4, -0.2) is 29.0 Å². The molecule has 1 amide bonds. The Labute approximate surface area is 154 Å². The third-order valence-corrected chi connectivity index (χ3v) is 4.71. The van der Waals surface area contributed by atoms with E-state index in [-0.39, 0.29) is 11.9 Å². The highest BCUT2D eigenvalue weighted by Gasteiger charge is 2.26. The number of aryl methyl sites for hydroxylation is 2. The SMILES string of the molecule is Cc1ccc2nc3c(c(C(=O)OC(C)C(=O)NC(C)C)c2c1)CCCC3. The Bertz CT molecular complexity index is 858. The summed E-state index contributed by atoms with van der Waals surface area (Å²) in [6, 6.07) is 5.93. The second-order valence-electron chi connectivity index (χ2n) is 7.35. The Hall–Kier alpha value is -2.43. The van der Waals surface area contributed by atoms with Gasteiger partial charge in [0.25, 0.3) is 5.91 Å². The Morgan fingerprint density at radius 3 is 2.62 bits per heavy atom. The van der Waals surface area contributed by atoms with Crippen molar-refractivity contribution in [3.8, 4) is 0 Å². The van der Waals surface area contributed by atoms with E-state index < -0.39 is 12.1 Å². The molecule has 1 aliphatic rings. The summed E-state index contributed by atoms with van der Waals surface area (Å²) >= 11 is 0. The van der Waals surface area contributed by atoms with Gasteiger partial charge in [-0.1, -0.05) is 11.6 Å². The van der Waals surface area contributed by atoms with Gasteiger partial charge in [0.1, 0.15) is 0 Å². The maximum atomic E-state index is 13.0. The molecule has 0 aliphatic heterocycles. The molecule has 138 valence electrons. The molecule has 5 nitrogen and oxygen atoms in total. The topological polar surface area (TPSA) is 68.3 Å². The lowest BCUT2D eigenvalue weighted by atomic mass is 9.89. The van der Waals surface area contributed by atoms with Crippen molar-refractivity contribution in [3.05, 3.63) is 40.6 Å². The van der Waals surface area contributed by atoms with Crippen LogP contribution in [0, 0.1) is 6.92 Å². The molecular weight excluding hydrogens is 328 g/mol. The number of esters is 1. The molecule has 1 heterocycles. The first-order valence-electron chi connectivity index (χ1n) is 9.30. The molecular formula is C21H26N2O3. The predicted octanol–water partition coefficient (Wildman–Crippen LogP) is 3.49. The molecule has 2 aromatic rings. The van der Waals surface area contributed by atoms with Gasteiger partial charge >= 0.3 is 5.97 Å². The highest BCUT2D eigenvalue weighted by molar-refractivity contribution is 6.06. The Morgan fingerprint density at radius 2 is 1.88 bits per heavy atom. The minimum absolute atomic E-state index is 0.000756. The minimum atomic E-state index is -0.836. The summed E-state index contributed by atoms with van der Waals surface area (Å²) in [5.74, 6) is -0.718. The summed E-state index contributed by atoms with van der Waals surface area (Å²) < 4.78 is 5.53. The molecule has 0 saturated heterocycles. The highest BCUT2D eigenvalue weighted by Crippen LogP contribution is 2.30. The number of benzene rings is 1. The lowest BCUT2D eigenvalue weighted by Crippen LogP contribution is -2.39. The molecule has 5 heteroatoms. The van der Waals surface area contributed by atoms with Crippen LogP contribution in [0.4, 0.5) is 0 Å². The molecule has 3 rings (SSSR count). The number of fused-ring (bicyclic) bond motifs is 2. The molecule has 0 bridgehead atoms. The van der Waals surface area contributed by atoms with E-state index in [0.717, 1.165) is 53.4 Å². The van der Waals surface area contributed by atoms with Crippen LogP contribution in [0.3, 0.4) is 0 Å². The van der Waals surface area contributed by atoms with Gasteiger partial charge in [0.15, 0.2) is 6.10 Å². The van der Waals surface area contributed by atoms with Crippen LogP contribution in [0.15, 0.2) is 18.2 Å². The Kier molecular flexibility index (Phi) is 5.25. The van der Waals surface area contributed by atoms with E-state index in [1.807, 2.05) is 39.0 Å². The van der Waals surface area contributed by atoms with E-state index >= 15 is 0 Å². The van der Waals surface area contributed by atoms with Gasteiger partial charge in [0, 0.05) is 17.1 Å². The molecule has 1 N–H and O–H groups in total. The van der Waals surface area contributed by atoms with E-state index in [2.05, 4.69) is 5.32 Å². The van der Waals surface area contributed by atoms with Crippen molar-refractivity contribution >= 4 is 22.8 Å². The normalized spacial score (nSPS) is 14.8. The van der Waals surface area contributed by atoms with Crippen LogP contribution in [0.25, 0.3) is 10.9 Å². The monoisotopic (exact) mass is 354 g/mol. The van der Waals surface area contributed by atoms with E-state index in [1.165, 1.54) is 0 Å². The molecule has 1 aliphatic carbocycles. The lowest BCUT2D eigenvalue weighted by Gasteiger charge is -2.21. The largest absolute Gasteiger partial charge is 0.449 e. The Morgan fingerprint density at radius 1 is 1.15 bits per heavy atom. The molecule has 1 unspecified atom stereocenters. The summed E-state index contributed by atoms with van der Waals surface area (Å²) in [6.45, 7) is 7.35. The van der Waals surface area contributed by atoms with Gasteiger partial charge in [0.2, 0.25) is 0 Å². The third-order valence-electron chi connectivity index (χ3n) is 4.71. The number of rotatable bonds is 4. The number of nitrogens with zero attached hydrogens (tertiary/aromatic N) is 1. The molecule has 1 aromatic heterocycles. The molecule has 26 heavy (non-hydrogen) atoms. The number of aromatic nitrogens is 1. The zero-order chi connectivity index (χ0) is 18.8. The van der Waals surface area contributed by atoms with Crippen molar-refractivity contribution in [1.82, 2.24) is 10.3 Å². The zero-order valence-electron chi connectivity index (χ0n) is 15.9. The molecule has 0 radical (unpaired) electrons. The average Bonchev–Trinajstić information content (AvgIpc) is 2.58. The van der Waals surface area contributed by atoms with Crippen molar-refractivity contribution in [2.24, 2.45) is 0 Å². The second-order valence-corrected chi connectivity index (χ2v) is 7.35. The molecule has 1 atom stereocenters. The van der Waals surface area contributed by atoms with Crippen LogP contribution in [0.2, 0.25) is 0 Å². The number of hydrogen-bond acceptors (Lipinski definition) is 4. The first-order valence-corrected chi connectivity index (χ1v) is 9.30. The number of ether oxygens (including phenoxy) is 1. The third kappa shape index (κ3) is 3.71. The quantitative estimate of drug-likeness (QED) is 0.854. The van der Waals surface area contributed by atoms with Crippen molar-refractivity contribution in [2.45, 2.75) is 65.5 Å². The van der Waals surface area contributed by atoms with Crippen molar-refractivity contribution in [2.75, 3.05) is 0 Å². The Balaban J connectivity index is 2.01. The number of carbonyl (C=O) groups is 2. The standard InChI is InChI=1S/C21H26N2O3/c1-12(2)22-20(24)14(4)26-21(25)19-15-7-5-6-8-17(15)23-18-10-9-13(3)11-16(18)19/h9-12,14H,5-8H2,1-4H3,(H,22,24). The van der Waals surface area contributed by atoms with Gasteiger partial charge in [-0.3, -0.25) is 9.78 Å². The van der Waals surface area contributed by atoms with E-state index in [4.69, 9.17) is 9.72 Å². The van der Waals surface area contributed by atoms with E-state index in [0.29, 0.717) is 5.56 Å². The number of amides is 1. The lowest BCUT2D eigenvalue weighted by molar-refractivity contribution is -0.129. The fourth-order valence-corrected chi connectivity index (χ4v) is 3.45. The number of pyridine rings is 1. The fraction of sp³-hybridized carbons (Fsp3) is 0.476. The maximum absolute atomic E-state index is 13.0. The van der Waals surface area contributed by atoms with Gasteiger partial charge in [-0.15, -0.1) is 0 Å². The highest BCUT2D eigenvalue weighted by atomic mass is 16.5. The first kappa shape index (κ1) is 18.4. The number of carbonyl (C=O) groups excluding carboxylic acids is 2. The van der Waals surface area contributed by atoms with Crippen LogP contribution < -0.4 is 5.32 Å². The fourth-order valence-electron chi connectivity index (χ4n) is 3.45. The van der Waals surface area contributed by atoms with Crippen molar-refractivity contribution < 1.29 is 14.3 Å². The zero-order valence-corrected chi connectivity index (χ0v) is 15.9. The first-order chi connectivity index (χ1) is 12.4. The summed E-state index contributed by atoms with van der Waals surface area (Å²) in [4.78, 5) is 29.9. The minimum Gasteiger partial charge on any atom is -0.449 e. The van der Waals surface area contributed by atoms with Crippen LogP contribution >= 0.6 is 0 Å². The molecule has 0 saturated carbocycles. The predicted molar refractivity (Wildman–Crippen MR) is 101 cm³/mol. The number of hydrogen-bond donors (Lipinski definition) is 1. The number of nitrogens with one attached hydrogen (secondary N) is 1. The van der Waals surface area contributed by atoms with Gasteiger partial charge in [0.05, 0.1) is 11.1 Å². The van der Waals surface area contributed by atoms with Gasteiger partial charge in [-0.05, 0) is 71.1 Å². The van der Waals surface area contributed by atoms with Crippen LogP contribution in [-0.2, 0) is 22.4 Å². The van der Waals surface area contributed by atoms with Gasteiger partial charge < -0.3 is 10.1 Å². The van der Waals surface area contributed by atoms with Gasteiger partial charge in [-0.2, -0.15) is 0 Å². The summed E-state index contributed by atoms with van der Waals surface area (Å²) in [6.07, 6.45) is 2.98. The average molecular weight is 354 g/mol. The van der Waals surface area contributed by atoms with Crippen LogP contribution in [0.5, 0.6) is 0 Å². The van der Waals surface area contributed by atoms with Crippen molar-refractivity contribution in [3.63, 3.8) is 0 Å². The summed E-state index contributed by atoms with van der Waals surface area (Å²) in [7, 11) is 0. The second kappa shape index (κ2) is 7.44. The molecule has 1 aromatic carbocycles. The molecule has 0 fully saturated rings. The maximum Gasteiger partial charge on any atom is 0.339 e.